The van der Waals surface area contributed by atoms with Crippen molar-refractivity contribution >= 4 is 11.3 Å². The van der Waals surface area contributed by atoms with Crippen molar-refractivity contribution in [2.75, 3.05) is 11.9 Å². The first-order valence-electron chi connectivity index (χ1n) is 7.21. The van der Waals surface area contributed by atoms with Gasteiger partial charge in [0.15, 0.2) is 5.82 Å². The van der Waals surface area contributed by atoms with Crippen LogP contribution in [-0.4, -0.2) is 21.1 Å². The largest absolute Gasteiger partial charge is 0.368 e. The van der Waals surface area contributed by atoms with Crippen molar-refractivity contribution in [2.24, 2.45) is 5.41 Å². The average Bonchev–Trinajstić information content (AvgIpc) is 2.78. The zero-order chi connectivity index (χ0) is 13.3. The van der Waals surface area contributed by atoms with Crippen LogP contribution in [0.25, 0.3) is 5.52 Å². The number of aryl methyl sites for hydroxylation is 1. The van der Waals surface area contributed by atoms with Gasteiger partial charge in [0.25, 0.3) is 0 Å². The zero-order valence-electron chi connectivity index (χ0n) is 11.8. The highest BCUT2D eigenvalue weighted by Gasteiger charge is 2.26. The van der Waals surface area contributed by atoms with E-state index < -0.39 is 0 Å². The van der Waals surface area contributed by atoms with Gasteiger partial charge in [-0.3, -0.25) is 0 Å². The molecule has 0 amide bonds. The molecule has 1 saturated carbocycles. The molecule has 0 atom stereocenters. The molecule has 2 heterocycles. The smallest absolute Gasteiger partial charge is 0.152 e. The van der Waals surface area contributed by atoms with Crippen molar-refractivity contribution in [3.8, 4) is 0 Å². The summed E-state index contributed by atoms with van der Waals surface area (Å²) in [7, 11) is 0. The fourth-order valence-electron chi connectivity index (χ4n) is 3.06. The number of nitrogens with one attached hydrogen (secondary N) is 1. The summed E-state index contributed by atoms with van der Waals surface area (Å²) in [6, 6.07) is 2.08. The van der Waals surface area contributed by atoms with Gasteiger partial charge in [-0.2, -0.15) is 5.10 Å². The third-order valence-electron chi connectivity index (χ3n) is 4.26. The van der Waals surface area contributed by atoms with Crippen LogP contribution in [0.2, 0.25) is 0 Å². The Balaban J connectivity index is 1.78. The summed E-state index contributed by atoms with van der Waals surface area (Å²) in [6.45, 7) is 5.41. The fraction of sp³-hybridized carbons (Fsp3) is 0.600. The van der Waals surface area contributed by atoms with E-state index in [4.69, 9.17) is 0 Å². The molecule has 0 saturated heterocycles. The number of aromatic nitrogens is 3. The summed E-state index contributed by atoms with van der Waals surface area (Å²) in [6.07, 6.45) is 10.5. The molecule has 0 spiro atoms. The minimum Gasteiger partial charge on any atom is -0.368 e. The molecule has 1 aliphatic carbocycles. The van der Waals surface area contributed by atoms with Gasteiger partial charge in [-0.25, -0.2) is 9.50 Å². The lowest BCUT2D eigenvalue weighted by molar-refractivity contribution is 0.233. The van der Waals surface area contributed by atoms with E-state index in [1.54, 1.807) is 0 Å². The summed E-state index contributed by atoms with van der Waals surface area (Å²) in [5, 5.41) is 7.96. The van der Waals surface area contributed by atoms with Crippen molar-refractivity contribution in [3.63, 3.8) is 0 Å². The van der Waals surface area contributed by atoms with Gasteiger partial charge in [0.05, 0.1) is 5.69 Å². The second-order valence-electron chi connectivity index (χ2n) is 6.12. The standard InChI is InChI=1S/C15H22N4/c1-12-10-13-14(16-8-9-19(13)18-12)17-11-15(2)6-4-3-5-7-15/h8-10H,3-7,11H2,1-2H3,(H,16,17). The molecule has 19 heavy (non-hydrogen) atoms. The highest BCUT2D eigenvalue weighted by molar-refractivity contribution is 5.67. The molecule has 4 heteroatoms. The summed E-state index contributed by atoms with van der Waals surface area (Å²) in [5.74, 6) is 0.954. The second-order valence-corrected chi connectivity index (χ2v) is 6.12. The van der Waals surface area contributed by atoms with Crippen LogP contribution in [-0.2, 0) is 0 Å². The van der Waals surface area contributed by atoms with Crippen molar-refractivity contribution in [1.29, 1.82) is 0 Å². The fourth-order valence-corrected chi connectivity index (χ4v) is 3.06. The molecule has 4 nitrogen and oxygen atoms in total. The lowest BCUT2D eigenvalue weighted by atomic mass is 9.76. The minimum absolute atomic E-state index is 0.418. The first-order valence-corrected chi connectivity index (χ1v) is 7.21. The molecule has 0 aliphatic heterocycles. The average molecular weight is 258 g/mol. The summed E-state index contributed by atoms with van der Waals surface area (Å²) >= 11 is 0. The minimum atomic E-state index is 0.418. The van der Waals surface area contributed by atoms with Gasteiger partial charge in [-0.15, -0.1) is 0 Å². The number of fused-ring (bicyclic) bond motifs is 1. The molecule has 0 radical (unpaired) electrons. The third-order valence-corrected chi connectivity index (χ3v) is 4.26. The third kappa shape index (κ3) is 2.57. The Morgan fingerprint density at radius 1 is 1.32 bits per heavy atom. The number of hydrogen-bond donors (Lipinski definition) is 1. The highest BCUT2D eigenvalue weighted by atomic mass is 15.2. The van der Waals surface area contributed by atoms with Crippen LogP contribution in [0.5, 0.6) is 0 Å². The predicted octanol–water partition coefficient (Wildman–Crippen LogP) is 3.42. The van der Waals surface area contributed by atoms with Crippen LogP contribution in [0, 0.1) is 12.3 Å². The Kier molecular flexibility index (Phi) is 3.17. The SMILES string of the molecule is Cc1cc2c(NCC3(C)CCCCC3)nccn2n1. The van der Waals surface area contributed by atoms with E-state index in [1.807, 2.05) is 23.8 Å². The Morgan fingerprint density at radius 3 is 2.89 bits per heavy atom. The Labute approximate surface area is 114 Å². The maximum absolute atomic E-state index is 4.46. The molecule has 1 N–H and O–H groups in total. The molecule has 2 aromatic heterocycles. The molecular formula is C15H22N4. The van der Waals surface area contributed by atoms with Crippen LogP contribution in [0.3, 0.4) is 0 Å². The van der Waals surface area contributed by atoms with Crippen LogP contribution in [0.4, 0.5) is 5.82 Å². The monoisotopic (exact) mass is 258 g/mol. The molecule has 3 rings (SSSR count). The number of rotatable bonds is 3. The first-order chi connectivity index (χ1) is 9.16. The van der Waals surface area contributed by atoms with Crippen LogP contribution in [0.1, 0.15) is 44.7 Å². The molecule has 0 unspecified atom stereocenters. The number of hydrogen-bond acceptors (Lipinski definition) is 3. The van der Waals surface area contributed by atoms with E-state index in [9.17, 15) is 0 Å². The molecular weight excluding hydrogens is 236 g/mol. The summed E-state index contributed by atoms with van der Waals surface area (Å²) in [4.78, 5) is 4.46. The van der Waals surface area contributed by atoms with Crippen molar-refractivity contribution < 1.29 is 0 Å². The lowest BCUT2D eigenvalue weighted by Gasteiger charge is -2.33. The van der Waals surface area contributed by atoms with Gasteiger partial charge in [0, 0.05) is 18.9 Å². The van der Waals surface area contributed by atoms with Gasteiger partial charge in [-0.05, 0) is 31.2 Å². The maximum atomic E-state index is 4.46. The second kappa shape index (κ2) is 4.83. The van der Waals surface area contributed by atoms with E-state index in [0.29, 0.717) is 5.41 Å². The topological polar surface area (TPSA) is 42.2 Å². The van der Waals surface area contributed by atoms with Gasteiger partial charge < -0.3 is 5.32 Å². The van der Waals surface area contributed by atoms with Crippen molar-refractivity contribution in [3.05, 3.63) is 24.2 Å². The van der Waals surface area contributed by atoms with Crippen molar-refractivity contribution in [2.45, 2.75) is 46.0 Å². The van der Waals surface area contributed by atoms with Gasteiger partial charge in [0.2, 0.25) is 0 Å². The van der Waals surface area contributed by atoms with Gasteiger partial charge >= 0.3 is 0 Å². The summed E-state index contributed by atoms with van der Waals surface area (Å²) < 4.78 is 1.90. The predicted molar refractivity (Wildman–Crippen MR) is 77.4 cm³/mol. The van der Waals surface area contributed by atoms with Crippen LogP contribution >= 0.6 is 0 Å². The van der Waals surface area contributed by atoms with E-state index in [1.165, 1.54) is 32.1 Å². The molecule has 2 aromatic rings. The Morgan fingerprint density at radius 2 is 2.11 bits per heavy atom. The number of anilines is 1. The van der Waals surface area contributed by atoms with Crippen molar-refractivity contribution in [1.82, 2.24) is 14.6 Å². The zero-order valence-corrected chi connectivity index (χ0v) is 11.8. The van der Waals surface area contributed by atoms with E-state index in [0.717, 1.165) is 23.6 Å². The molecule has 1 fully saturated rings. The normalized spacial score (nSPS) is 18.6. The quantitative estimate of drug-likeness (QED) is 0.917. The van der Waals surface area contributed by atoms with E-state index >= 15 is 0 Å². The van der Waals surface area contributed by atoms with Crippen LogP contribution < -0.4 is 5.32 Å². The molecule has 0 bridgehead atoms. The van der Waals surface area contributed by atoms with Crippen LogP contribution in [0.15, 0.2) is 18.5 Å². The Bertz CT molecular complexity index is 567. The molecule has 1 aliphatic rings. The highest BCUT2D eigenvalue weighted by Crippen LogP contribution is 2.35. The first kappa shape index (κ1) is 12.5. The summed E-state index contributed by atoms with van der Waals surface area (Å²) in [5.41, 5.74) is 2.52. The van der Waals surface area contributed by atoms with E-state index in [-0.39, 0.29) is 0 Å². The lowest BCUT2D eigenvalue weighted by Crippen LogP contribution is -2.29. The molecule has 0 aromatic carbocycles. The maximum Gasteiger partial charge on any atom is 0.152 e. The Hall–Kier alpha value is -1.58. The van der Waals surface area contributed by atoms with Gasteiger partial charge in [0.1, 0.15) is 5.52 Å². The van der Waals surface area contributed by atoms with Gasteiger partial charge in [-0.1, -0.05) is 26.2 Å². The van der Waals surface area contributed by atoms with E-state index in [2.05, 4.69) is 28.4 Å². The number of nitrogens with zero attached hydrogens (tertiary/aromatic N) is 3. The molecule has 102 valence electrons.